The van der Waals surface area contributed by atoms with Crippen LogP contribution in [0.4, 0.5) is 5.69 Å². The molecule has 0 aromatic heterocycles. The molecule has 5 nitrogen and oxygen atoms in total. The maximum Gasteiger partial charge on any atom is 0.234 e. The molecule has 2 amide bonds. The summed E-state index contributed by atoms with van der Waals surface area (Å²) in [6, 6.07) is 7.67. The number of amides is 2. The normalized spacial score (nSPS) is 10.8. The first-order chi connectivity index (χ1) is 9.88. The van der Waals surface area contributed by atoms with Crippen molar-refractivity contribution in [2.45, 2.75) is 26.3 Å². The Balaban J connectivity index is 2.24. The average Bonchev–Trinajstić information content (AvgIpc) is 2.41. The van der Waals surface area contributed by atoms with Crippen molar-refractivity contribution < 1.29 is 9.59 Å². The molecular formula is C15H22BrN3O2. The van der Waals surface area contributed by atoms with Gasteiger partial charge in [-0.1, -0.05) is 15.9 Å². The van der Waals surface area contributed by atoms with Crippen LogP contribution in [0, 0.1) is 0 Å². The van der Waals surface area contributed by atoms with E-state index in [2.05, 4.69) is 26.6 Å². The molecule has 0 aliphatic carbocycles. The van der Waals surface area contributed by atoms with E-state index in [-0.39, 0.29) is 18.2 Å². The summed E-state index contributed by atoms with van der Waals surface area (Å²) in [5, 5.41) is 5.53. The summed E-state index contributed by atoms with van der Waals surface area (Å²) in [5.41, 5.74) is 0.745. The predicted molar refractivity (Wildman–Crippen MR) is 88.2 cm³/mol. The van der Waals surface area contributed by atoms with Crippen molar-refractivity contribution in [3.05, 3.63) is 28.7 Å². The third kappa shape index (κ3) is 7.24. The molecule has 1 aromatic rings. The molecule has 0 spiro atoms. The van der Waals surface area contributed by atoms with Crippen LogP contribution in [0.5, 0.6) is 0 Å². The Morgan fingerprint density at radius 3 is 2.38 bits per heavy atom. The molecule has 0 saturated heterocycles. The summed E-state index contributed by atoms with van der Waals surface area (Å²) in [5.74, 6) is -0.183. The van der Waals surface area contributed by atoms with E-state index in [0.29, 0.717) is 19.1 Å². The van der Waals surface area contributed by atoms with E-state index >= 15 is 0 Å². The summed E-state index contributed by atoms with van der Waals surface area (Å²) in [4.78, 5) is 25.3. The van der Waals surface area contributed by atoms with E-state index in [9.17, 15) is 9.59 Å². The summed E-state index contributed by atoms with van der Waals surface area (Å²) in [7, 11) is 1.89. The number of nitrogens with zero attached hydrogens (tertiary/aromatic N) is 1. The van der Waals surface area contributed by atoms with Gasteiger partial charge in [0.1, 0.15) is 0 Å². The maximum absolute atomic E-state index is 11.7. The van der Waals surface area contributed by atoms with Crippen molar-refractivity contribution in [2.75, 3.05) is 25.5 Å². The monoisotopic (exact) mass is 355 g/mol. The van der Waals surface area contributed by atoms with E-state index in [0.717, 1.165) is 10.2 Å². The summed E-state index contributed by atoms with van der Waals surface area (Å²) in [6.45, 7) is 4.73. The molecule has 2 N–H and O–H groups in total. The maximum atomic E-state index is 11.7. The fraction of sp³-hybridized carbons (Fsp3) is 0.467. The summed E-state index contributed by atoms with van der Waals surface area (Å²) < 4.78 is 0.960. The first-order valence-electron chi connectivity index (χ1n) is 6.91. The standard InChI is InChI=1S/C15H22BrN3O2/c1-11(2)19(3)10-15(21)17-9-8-14(20)18-13-6-4-12(16)5-7-13/h4-7,11H,8-10H2,1-3H3,(H,17,21)(H,18,20). The Labute approximate surface area is 134 Å². The quantitative estimate of drug-likeness (QED) is 0.788. The highest BCUT2D eigenvalue weighted by Crippen LogP contribution is 2.14. The second kappa shape index (κ2) is 8.79. The van der Waals surface area contributed by atoms with Crippen molar-refractivity contribution >= 4 is 33.4 Å². The van der Waals surface area contributed by atoms with Crippen LogP contribution in [0.2, 0.25) is 0 Å². The van der Waals surface area contributed by atoms with Crippen LogP contribution < -0.4 is 10.6 Å². The number of hydrogen-bond donors (Lipinski definition) is 2. The van der Waals surface area contributed by atoms with E-state index in [1.165, 1.54) is 0 Å². The molecule has 0 heterocycles. The van der Waals surface area contributed by atoms with Crippen LogP contribution in [0.15, 0.2) is 28.7 Å². The number of anilines is 1. The van der Waals surface area contributed by atoms with Crippen molar-refractivity contribution in [2.24, 2.45) is 0 Å². The number of halogens is 1. The van der Waals surface area contributed by atoms with Gasteiger partial charge in [0, 0.05) is 29.2 Å². The summed E-state index contributed by atoms with van der Waals surface area (Å²) >= 11 is 3.33. The zero-order valence-corrected chi connectivity index (χ0v) is 14.2. The van der Waals surface area contributed by atoms with Gasteiger partial charge >= 0.3 is 0 Å². The second-order valence-electron chi connectivity index (χ2n) is 5.16. The lowest BCUT2D eigenvalue weighted by Gasteiger charge is -2.20. The lowest BCUT2D eigenvalue weighted by Crippen LogP contribution is -2.39. The largest absolute Gasteiger partial charge is 0.354 e. The van der Waals surface area contributed by atoms with Crippen LogP contribution in [0.3, 0.4) is 0 Å². The third-order valence-corrected chi connectivity index (χ3v) is 3.61. The lowest BCUT2D eigenvalue weighted by atomic mass is 10.3. The van der Waals surface area contributed by atoms with Crippen LogP contribution in [0.25, 0.3) is 0 Å². The predicted octanol–water partition coefficient (Wildman–Crippen LogP) is 2.23. The fourth-order valence-corrected chi connectivity index (χ4v) is 1.80. The number of nitrogens with one attached hydrogen (secondary N) is 2. The van der Waals surface area contributed by atoms with Crippen molar-refractivity contribution in [1.29, 1.82) is 0 Å². The number of rotatable bonds is 7. The minimum absolute atomic E-state index is 0.0670. The van der Waals surface area contributed by atoms with Gasteiger partial charge in [0.15, 0.2) is 0 Å². The fourth-order valence-electron chi connectivity index (χ4n) is 1.54. The van der Waals surface area contributed by atoms with Gasteiger partial charge in [0.05, 0.1) is 6.54 Å². The van der Waals surface area contributed by atoms with Crippen molar-refractivity contribution in [3.8, 4) is 0 Å². The van der Waals surface area contributed by atoms with Gasteiger partial charge in [-0.3, -0.25) is 14.5 Å². The van der Waals surface area contributed by atoms with Crippen molar-refractivity contribution in [1.82, 2.24) is 10.2 Å². The Bertz CT molecular complexity index is 474. The van der Waals surface area contributed by atoms with E-state index in [4.69, 9.17) is 0 Å². The first-order valence-corrected chi connectivity index (χ1v) is 7.70. The van der Waals surface area contributed by atoms with E-state index in [1.807, 2.05) is 50.1 Å². The number of likely N-dealkylation sites (N-methyl/N-ethyl adjacent to an activating group) is 1. The Kier molecular flexibility index (Phi) is 7.39. The highest BCUT2D eigenvalue weighted by molar-refractivity contribution is 9.10. The van der Waals surface area contributed by atoms with E-state index < -0.39 is 0 Å². The van der Waals surface area contributed by atoms with Gasteiger partial charge in [0.25, 0.3) is 0 Å². The molecule has 0 saturated carbocycles. The van der Waals surface area contributed by atoms with Gasteiger partial charge in [-0.05, 0) is 45.2 Å². The minimum Gasteiger partial charge on any atom is -0.354 e. The third-order valence-electron chi connectivity index (χ3n) is 3.08. The number of hydrogen-bond acceptors (Lipinski definition) is 3. The van der Waals surface area contributed by atoms with Gasteiger partial charge in [-0.2, -0.15) is 0 Å². The molecule has 1 rings (SSSR count). The zero-order valence-electron chi connectivity index (χ0n) is 12.6. The Morgan fingerprint density at radius 1 is 1.19 bits per heavy atom. The molecule has 0 aliphatic rings. The van der Waals surface area contributed by atoms with Crippen LogP contribution >= 0.6 is 15.9 Å². The molecule has 0 fully saturated rings. The Morgan fingerprint density at radius 2 is 1.81 bits per heavy atom. The highest BCUT2D eigenvalue weighted by Gasteiger charge is 2.09. The molecule has 0 aliphatic heterocycles. The molecule has 0 radical (unpaired) electrons. The number of carbonyl (C=O) groups excluding carboxylic acids is 2. The topological polar surface area (TPSA) is 61.4 Å². The average molecular weight is 356 g/mol. The van der Waals surface area contributed by atoms with Crippen LogP contribution in [0.1, 0.15) is 20.3 Å². The Hall–Kier alpha value is -1.40. The smallest absolute Gasteiger partial charge is 0.234 e. The molecule has 21 heavy (non-hydrogen) atoms. The lowest BCUT2D eigenvalue weighted by molar-refractivity contribution is -0.122. The second-order valence-corrected chi connectivity index (χ2v) is 6.08. The summed E-state index contributed by atoms with van der Waals surface area (Å²) in [6.07, 6.45) is 0.257. The van der Waals surface area contributed by atoms with Gasteiger partial charge < -0.3 is 10.6 Å². The molecular weight excluding hydrogens is 334 g/mol. The molecule has 1 aromatic carbocycles. The van der Waals surface area contributed by atoms with Gasteiger partial charge in [-0.25, -0.2) is 0 Å². The number of benzene rings is 1. The number of carbonyl (C=O) groups is 2. The zero-order chi connectivity index (χ0) is 15.8. The van der Waals surface area contributed by atoms with Crippen LogP contribution in [-0.2, 0) is 9.59 Å². The van der Waals surface area contributed by atoms with Gasteiger partial charge in [0.2, 0.25) is 11.8 Å². The van der Waals surface area contributed by atoms with Crippen molar-refractivity contribution in [3.63, 3.8) is 0 Å². The SMILES string of the molecule is CC(C)N(C)CC(=O)NCCC(=O)Nc1ccc(Br)cc1. The first kappa shape index (κ1) is 17.7. The molecule has 116 valence electrons. The highest BCUT2D eigenvalue weighted by atomic mass is 79.9. The van der Waals surface area contributed by atoms with Gasteiger partial charge in [-0.15, -0.1) is 0 Å². The molecule has 0 atom stereocenters. The van der Waals surface area contributed by atoms with Crippen LogP contribution in [-0.4, -0.2) is 42.9 Å². The molecule has 0 bridgehead atoms. The minimum atomic E-state index is -0.116. The molecule has 6 heteroatoms. The van der Waals surface area contributed by atoms with E-state index in [1.54, 1.807) is 0 Å². The molecule has 0 unspecified atom stereocenters.